The lowest BCUT2D eigenvalue weighted by Gasteiger charge is -2.33. The third kappa shape index (κ3) is 4.89. The fourth-order valence-electron chi connectivity index (χ4n) is 5.94. The van der Waals surface area contributed by atoms with Crippen molar-refractivity contribution < 1.29 is 46.3 Å². The lowest BCUT2D eigenvalue weighted by molar-refractivity contribution is -0.183. The van der Waals surface area contributed by atoms with E-state index >= 15 is 4.39 Å². The maximum Gasteiger partial charge on any atom is 0.472 e. The molecular formula is C21H23FN10O10P2S2. The van der Waals surface area contributed by atoms with Gasteiger partial charge in [0.05, 0.1) is 37.7 Å². The van der Waals surface area contributed by atoms with Gasteiger partial charge in [0.25, 0.3) is 5.56 Å². The Bertz CT molecular complexity index is 2040. The summed E-state index contributed by atoms with van der Waals surface area (Å²) in [5, 5.41) is -2.20. The number of hydrogen-bond donors (Lipinski definition) is 5. The highest BCUT2D eigenvalue weighted by Gasteiger charge is 2.66. The van der Waals surface area contributed by atoms with Crippen molar-refractivity contribution in [1.82, 2.24) is 39.0 Å². The van der Waals surface area contributed by atoms with Gasteiger partial charge >= 0.3 is 14.5 Å². The Balaban J connectivity index is 1.14. The van der Waals surface area contributed by atoms with Crippen LogP contribution in [0.4, 0.5) is 16.2 Å². The van der Waals surface area contributed by atoms with Crippen molar-refractivity contribution in [1.29, 1.82) is 0 Å². The van der Waals surface area contributed by atoms with Gasteiger partial charge in [-0.15, -0.1) is 11.8 Å². The number of aromatic nitrogens is 8. The lowest BCUT2D eigenvalue weighted by atomic mass is 10.0. The first kappa shape index (κ1) is 30.7. The van der Waals surface area contributed by atoms with Gasteiger partial charge in [-0.2, -0.15) is 4.98 Å². The first-order chi connectivity index (χ1) is 21.8. The molecule has 4 saturated heterocycles. The Morgan fingerprint density at radius 3 is 2.67 bits per heavy atom. The topological polar surface area (TPSA) is 272 Å². The van der Waals surface area contributed by atoms with Crippen LogP contribution in [0.3, 0.4) is 0 Å². The van der Waals surface area contributed by atoms with E-state index in [1.165, 1.54) is 28.1 Å². The van der Waals surface area contributed by atoms with Crippen LogP contribution < -0.4 is 17.0 Å². The Hall–Kier alpha value is -2.66. The molecule has 246 valence electrons. The van der Waals surface area contributed by atoms with Gasteiger partial charge in [-0.05, 0) is 11.8 Å². The predicted molar refractivity (Wildman–Crippen MR) is 158 cm³/mol. The summed E-state index contributed by atoms with van der Waals surface area (Å²) in [5.74, 6) is -0.0981. The molecule has 4 aliphatic heterocycles. The van der Waals surface area contributed by atoms with E-state index in [0.29, 0.717) is 0 Å². The van der Waals surface area contributed by atoms with E-state index in [1.807, 2.05) is 0 Å². The standard InChI is InChI=1S/C21H23FN10O10P2S2/c22-8-7-1-38-43(34,35)42-13-12-18(31-5-27-9-14(23)25-4-26-15(9)31)40-21(13,2-37-12)3-39-44(36,45)41-11(8)19(46-7)32-6-28-10-16(32)29-20(24)30-17(10)33/h4-8,11-13,18-19H,1-3H2,(H,34,35)(H,36,45)(H2,23,25,26)(H3,24,29,30,33)/t7-,8+,11-,12?,13+,18-,19-,21-,44?/m1/s1. The molecule has 0 spiro atoms. The average Bonchev–Trinajstić information content (AvgIpc) is 3.80. The van der Waals surface area contributed by atoms with Gasteiger partial charge in [0.2, 0.25) is 5.95 Å². The van der Waals surface area contributed by atoms with E-state index < -0.39 is 80.3 Å². The van der Waals surface area contributed by atoms with Gasteiger partial charge in [-0.25, -0.2) is 28.9 Å². The third-order valence-corrected chi connectivity index (χ3v) is 12.0. The van der Waals surface area contributed by atoms with Crippen LogP contribution in [0.25, 0.3) is 22.3 Å². The van der Waals surface area contributed by atoms with Crippen molar-refractivity contribution >= 4 is 72.2 Å². The second-order valence-corrected chi connectivity index (χ2v) is 16.4. The Morgan fingerprint density at radius 1 is 1.07 bits per heavy atom. The molecule has 0 aromatic carbocycles. The maximum atomic E-state index is 16.0. The first-order valence-electron chi connectivity index (χ1n) is 13.4. The summed E-state index contributed by atoms with van der Waals surface area (Å²) in [5.41, 5.74) is 9.89. The molecule has 3 unspecified atom stereocenters. The zero-order valence-corrected chi connectivity index (χ0v) is 26.4. The van der Waals surface area contributed by atoms with Gasteiger partial charge in [0.15, 0.2) is 28.9 Å². The van der Waals surface area contributed by atoms with Gasteiger partial charge in [-0.3, -0.25) is 32.5 Å². The highest BCUT2D eigenvalue weighted by atomic mass is 32.5. The molecule has 4 bridgehead atoms. The molecule has 7 N–H and O–H groups in total. The number of fused-ring (bicyclic) bond motifs is 4. The molecule has 10 atom stereocenters. The van der Waals surface area contributed by atoms with E-state index in [1.54, 1.807) is 0 Å². The second kappa shape index (κ2) is 10.7. The Morgan fingerprint density at radius 2 is 1.85 bits per heavy atom. The quantitative estimate of drug-likeness (QED) is 0.169. The predicted octanol–water partition coefficient (Wildman–Crippen LogP) is -0.123. The largest absolute Gasteiger partial charge is 0.472 e. The lowest BCUT2D eigenvalue weighted by Crippen LogP contribution is -2.45. The number of halogens is 1. The van der Waals surface area contributed by atoms with Crippen molar-refractivity contribution in [2.75, 3.05) is 31.3 Å². The van der Waals surface area contributed by atoms with Crippen LogP contribution >= 0.6 is 26.3 Å². The minimum absolute atomic E-state index is 0.00545. The number of nitrogens with zero attached hydrogens (tertiary/aromatic N) is 7. The van der Waals surface area contributed by atoms with Crippen molar-refractivity contribution in [3.05, 3.63) is 29.3 Å². The molecule has 4 aromatic rings. The Kier molecular flexibility index (Phi) is 7.11. The van der Waals surface area contributed by atoms with Crippen molar-refractivity contribution in [3.63, 3.8) is 0 Å². The van der Waals surface area contributed by atoms with E-state index in [-0.39, 0.29) is 40.7 Å². The fourth-order valence-corrected chi connectivity index (χ4v) is 10.0. The van der Waals surface area contributed by atoms with E-state index in [0.717, 1.165) is 11.8 Å². The van der Waals surface area contributed by atoms with Crippen molar-refractivity contribution in [3.8, 4) is 0 Å². The van der Waals surface area contributed by atoms with Crippen LogP contribution in [0.1, 0.15) is 11.6 Å². The van der Waals surface area contributed by atoms with Gasteiger partial charge in [-0.1, -0.05) is 0 Å². The third-order valence-electron chi connectivity index (χ3n) is 8.00. The number of phosphoric ester groups is 1. The molecule has 0 saturated carbocycles. The number of imidazole rings is 2. The van der Waals surface area contributed by atoms with Crippen LogP contribution in [0, 0.1) is 0 Å². The van der Waals surface area contributed by atoms with Crippen LogP contribution in [0.15, 0.2) is 23.8 Å². The molecular weight excluding hydrogens is 697 g/mol. The number of thioether (sulfide) groups is 1. The number of H-pyrrole nitrogens is 1. The molecule has 4 aliphatic rings. The molecule has 4 aromatic heterocycles. The van der Waals surface area contributed by atoms with E-state index in [2.05, 4.69) is 29.9 Å². The smallest absolute Gasteiger partial charge is 0.382 e. The summed E-state index contributed by atoms with van der Waals surface area (Å²) in [7, 11) is -4.92. The van der Waals surface area contributed by atoms with Gasteiger partial charge in [0, 0.05) is 0 Å². The summed E-state index contributed by atoms with van der Waals surface area (Å²) in [4.78, 5) is 57.3. The van der Waals surface area contributed by atoms with Crippen LogP contribution in [-0.4, -0.2) is 104 Å². The summed E-state index contributed by atoms with van der Waals surface area (Å²) in [6.45, 7) is -5.69. The van der Waals surface area contributed by atoms with Crippen molar-refractivity contribution in [2.45, 2.75) is 46.9 Å². The van der Waals surface area contributed by atoms with Crippen LogP contribution in [0.5, 0.6) is 0 Å². The SMILES string of the molecule is Nc1nc2c(ncn2[C@@H]2S[C@@H]3COP(=O)(O)O[C@H]4C5OC[C@]4(COP(O)(=S)O[C@@H]2[C@H]3F)O[C@H]5n2cnc3c(N)ncnc32)c(=O)[nH]1. The van der Waals surface area contributed by atoms with E-state index in [4.69, 9.17) is 50.8 Å². The highest BCUT2D eigenvalue weighted by Crippen LogP contribution is 2.60. The van der Waals surface area contributed by atoms with Crippen LogP contribution in [0.2, 0.25) is 0 Å². The number of anilines is 2. The summed E-state index contributed by atoms with van der Waals surface area (Å²) in [6.07, 6.45) is -2.94. The number of alkyl halides is 1. The second-order valence-electron chi connectivity index (χ2n) is 10.8. The number of nitrogen functional groups attached to an aromatic ring is 2. The average molecular weight is 721 g/mol. The van der Waals surface area contributed by atoms with Crippen LogP contribution in [-0.2, 0) is 43.9 Å². The number of nitrogens with one attached hydrogen (secondary N) is 1. The normalized spacial score (nSPS) is 39.7. The fraction of sp³-hybridized carbons (Fsp3) is 0.524. The molecule has 0 radical (unpaired) electrons. The molecule has 0 amide bonds. The minimum Gasteiger partial charge on any atom is -0.382 e. The number of rotatable bonds is 2. The maximum absolute atomic E-state index is 16.0. The number of ether oxygens (including phenoxy) is 2. The molecule has 8 heterocycles. The van der Waals surface area contributed by atoms with Crippen molar-refractivity contribution in [2.24, 2.45) is 0 Å². The summed E-state index contributed by atoms with van der Waals surface area (Å²) >= 11 is 6.22. The number of phosphoric acid groups is 1. The van der Waals surface area contributed by atoms with Gasteiger partial charge < -0.3 is 35.3 Å². The number of aromatic amines is 1. The Labute approximate surface area is 264 Å². The highest BCUT2D eigenvalue weighted by molar-refractivity contribution is 8.07. The molecule has 4 fully saturated rings. The monoisotopic (exact) mass is 720 g/mol. The zero-order valence-electron chi connectivity index (χ0n) is 22.9. The first-order valence-corrected chi connectivity index (χ1v) is 18.4. The summed E-state index contributed by atoms with van der Waals surface area (Å²) < 4.78 is 66.8. The molecule has 46 heavy (non-hydrogen) atoms. The number of hydrogen-bond acceptors (Lipinski definition) is 17. The van der Waals surface area contributed by atoms with E-state index in [9.17, 15) is 19.1 Å². The molecule has 0 aliphatic carbocycles. The zero-order chi connectivity index (χ0) is 32.2. The summed E-state index contributed by atoms with van der Waals surface area (Å²) in [6, 6.07) is 0. The minimum atomic E-state index is -4.92. The molecule has 8 rings (SSSR count). The van der Waals surface area contributed by atoms with Gasteiger partial charge in [0.1, 0.15) is 47.3 Å². The number of nitrogens with two attached hydrogens (primary N) is 2. The molecule has 20 nitrogen and oxygen atoms in total. The molecule has 25 heteroatoms.